The summed E-state index contributed by atoms with van der Waals surface area (Å²) in [6, 6.07) is 17.2. The number of carbonyl (C=O) groups excluding carboxylic acids is 3. The number of para-hydroxylation sites is 1. The molecule has 1 spiro atoms. The fourth-order valence-corrected chi connectivity index (χ4v) is 8.20. The van der Waals surface area contributed by atoms with Crippen LogP contribution < -0.4 is 20.4 Å². The van der Waals surface area contributed by atoms with E-state index in [4.69, 9.17) is 4.74 Å². The maximum absolute atomic E-state index is 13.8. The second-order valence-electron chi connectivity index (χ2n) is 14.0. The van der Waals surface area contributed by atoms with E-state index >= 15 is 0 Å². The van der Waals surface area contributed by atoms with Gasteiger partial charge >= 0.3 is 0 Å². The second kappa shape index (κ2) is 16.2. The van der Waals surface area contributed by atoms with E-state index in [1.54, 1.807) is 36.4 Å². The van der Waals surface area contributed by atoms with E-state index in [9.17, 15) is 36.3 Å². The number of aldehydes is 1. The Hall–Kier alpha value is -5.67. The second-order valence-corrected chi connectivity index (χ2v) is 15.0. The molecule has 2 N–H and O–H groups in total. The Bertz CT molecular complexity index is 2250. The number of thiophene rings is 1. The number of pyridine rings is 1. The summed E-state index contributed by atoms with van der Waals surface area (Å²) in [6.07, 6.45) is 1.69. The average Bonchev–Trinajstić information content (AvgIpc) is 3.57. The number of nitrogens with one attached hydrogen (secondary N) is 2. The molecule has 0 atom stereocenters. The molecule has 9 nitrogen and oxygen atoms in total. The number of carbonyl (C=O) groups is 3. The summed E-state index contributed by atoms with van der Waals surface area (Å²) in [4.78, 5) is 45.5. The molecule has 2 aromatic heterocycles. The number of alkyl halides is 2. The Morgan fingerprint density at radius 1 is 0.929 bits per heavy atom. The first-order chi connectivity index (χ1) is 26.9. The lowest BCUT2D eigenvalue weighted by Gasteiger charge is -2.53. The number of fused-ring (bicyclic) bond motifs is 3. The van der Waals surface area contributed by atoms with Crippen molar-refractivity contribution in [1.82, 2.24) is 4.98 Å². The zero-order chi connectivity index (χ0) is 39.6. The standard InChI is InChI=1S/C21H21F2N3O3.C20H15F3N2OS/c22-18(23)15-9-17(20(28)25-16-3-1-14(11-27)2-4-16)19(24-10-15)26-12-21(13-26)5-7-29-8-6-21;1-25-8-7-11-9-17(20(26)24-18-14(22)3-2-4-15(18)23)27-19(11)13-6-5-12(21)10-16(13)25/h1-4,9-11,18H,5-8,12-13H2,(H,25,28);2-6,9-10H,7-8H2,1H3,(H,24,26). The number of benzene rings is 3. The van der Waals surface area contributed by atoms with Crippen molar-refractivity contribution in [2.75, 3.05) is 60.3 Å². The topological polar surface area (TPSA) is 104 Å². The number of hydrogen-bond donors (Lipinski definition) is 2. The molecule has 0 bridgehead atoms. The van der Waals surface area contributed by atoms with Crippen LogP contribution in [0.5, 0.6) is 0 Å². The molecular weight excluding hydrogens is 754 g/mol. The smallest absolute Gasteiger partial charge is 0.265 e. The lowest BCUT2D eigenvalue weighted by Crippen LogP contribution is -2.59. The summed E-state index contributed by atoms with van der Waals surface area (Å²) in [5.74, 6) is -2.66. The van der Waals surface area contributed by atoms with Crippen LogP contribution in [0, 0.1) is 22.9 Å². The van der Waals surface area contributed by atoms with Gasteiger partial charge in [-0.25, -0.2) is 26.9 Å². The Labute approximate surface area is 323 Å². The van der Waals surface area contributed by atoms with Crippen LogP contribution in [0.4, 0.5) is 44.8 Å². The highest BCUT2D eigenvalue weighted by atomic mass is 32.1. The van der Waals surface area contributed by atoms with Crippen LogP contribution in [0.15, 0.2) is 79.0 Å². The molecule has 2 amide bonds. The number of nitrogens with zero attached hydrogens (tertiary/aromatic N) is 3. The highest BCUT2D eigenvalue weighted by molar-refractivity contribution is 7.17. The lowest BCUT2D eigenvalue weighted by atomic mass is 9.73. The van der Waals surface area contributed by atoms with Gasteiger partial charge in [0.15, 0.2) is 0 Å². The summed E-state index contributed by atoms with van der Waals surface area (Å²) in [7, 11) is 1.89. The fourth-order valence-electron chi connectivity index (χ4n) is 7.06. The van der Waals surface area contributed by atoms with Gasteiger partial charge in [-0.3, -0.25) is 14.4 Å². The van der Waals surface area contributed by atoms with E-state index < -0.39 is 35.6 Å². The van der Waals surface area contributed by atoms with Gasteiger partial charge in [0.2, 0.25) is 0 Å². The molecule has 2 fully saturated rings. The van der Waals surface area contributed by atoms with Crippen molar-refractivity contribution in [3.63, 3.8) is 0 Å². The number of halogens is 5. The molecule has 2 saturated heterocycles. The van der Waals surface area contributed by atoms with E-state index in [1.165, 1.54) is 35.6 Å². The molecule has 3 aliphatic rings. The lowest BCUT2D eigenvalue weighted by molar-refractivity contribution is -0.000523. The van der Waals surface area contributed by atoms with Gasteiger partial charge in [0.25, 0.3) is 18.2 Å². The molecule has 0 saturated carbocycles. The number of ether oxygens (including phenoxy) is 1. The van der Waals surface area contributed by atoms with Crippen LogP contribution in [0.3, 0.4) is 0 Å². The van der Waals surface area contributed by atoms with Gasteiger partial charge < -0.3 is 25.2 Å². The van der Waals surface area contributed by atoms with Crippen LogP contribution in [0.2, 0.25) is 0 Å². The maximum atomic E-state index is 13.8. The molecule has 5 aromatic rings. The van der Waals surface area contributed by atoms with E-state index in [-0.39, 0.29) is 22.4 Å². The number of anilines is 4. The third kappa shape index (κ3) is 8.14. The first-order valence-corrected chi connectivity index (χ1v) is 18.6. The van der Waals surface area contributed by atoms with E-state index in [2.05, 4.69) is 15.6 Å². The average molecular weight is 790 g/mol. The van der Waals surface area contributed by atoms with Crippen molar-refractivity contribution in [3.05, 3.63) is 124 Å². The quantitative estimate of drug-likeness (QED) is 0.126. The molecule has 0 aliphatic carbocycles. The van der Waals surface area contributed by atoms with Gasteiger partial charge in [-0.2, -0.15) is 0 Å². The third-order valence-electron chi connectivity index (χ3n) is 10.2. The first-order valence-electron chi connectivity index (χ1n) is 17.8. The minimum Gasteiger partial charge on any atom is -0.381 e. The van der Waals surface area contributed by atoms with Crippen molar-refractivity contribution >= 4 is 52.3 Å². The highest BCUT2D eigenvalue weighted by Crippen LogP contribution is 2.43. The van der Waals surface area contributed by atoms with E-state index in [0.717, 1.165) is 79.2 Å². The van der Waals surface area contributed by atoms with Gasteiger partial charge in [-0.1, -0.05) is 6.07 Å². The van der Waals surface area contributed by atoms with E-state index in [0.29, 0.717) is 41.2 Å². The van der Waals surface area contributed by atoms with Crippen molar-refractivity contribution in [2.24, 2.45) is 5.41 Å². The molecule has 56 heavy (non-hydrogen) atoms. The summed E-state index contributed by atoms with van der Waals surface area (Å²) < 4.78 is 73.1. The summed E-state index contributed by atoms with van der Waals surface area (Å²) >= 11 is 1.23. The third-order valence-corrected chi connectivity index (χ3v) is 11.4. The number of likely N-dealkylation sites (N-methyl/N-ethyl adjacent to an activating group) is 1. The molecule has 5 heterocycles. The SMILES string of the molecule is CN1CCc2cc(C(=O)Nc3c(F)cccc3F)sc2-c2ccc(F)cc21.O=Cc1ccc(NC(=O)c2cc(C(F)F)cnc2N2CC3(CCOCC3)C2)cc1. The van der Waals surface area contributed by atoms with Crippen LogP contribution in [-0.4, -0.2) is 63.0 Å². The summed E-state index contributed by atoms with van der Waals surface area (Å²) in [6.45, 7) is 3.56. The largest absolute Gasteiger partial charge is 0.381 e. The maximum Gasteiger partial charge on any atom is 0.265 e. The summed E-state index contributed by atoms with van der Waals surface area (Å²) in [5.41, 5.74) is 3.01. The predicted molar refractivity (Wildman–Crippen MR) is 205 cm³/mol. The minimum absolute atomic E-state index is 0.115. The van der Waals surface area contributed by atoms with Crippen LogP contribution in [0.1, 0.15) is 60.8 Å². The predicted octanol–water partition coefficient (Wildman–Crippen LogP) is 8.78. The minimum atomic E-state index is -2.71. The molecule has 290 valence electrons. The Kier molecular flexibility index (Phi) is 11.2. The van der Waals surface area contributed by atoms with E-state index in [1.807, 2.05) is 16.8 Å². The van der Waals surface area contributed by atoms with Gasteiger partial charge in [-0.15, -0.1) is 11.3 Å². The summed E-state index contributed by atoms with van der Waals surface area (Å²) in [5, 5.41) is 5.02. The molecule has 0 unspecified atom stereocenters. The van der Waals surface area contributed by atoms with Gasteiger partial charge in [0, 0.05) is 84.4 Å². The molecule has 3 aliphatic heterocycles. The van der Waals surface area contributed by atoms with Gasteiger partial charge in [0.1, 0.15) is 35.2 Å². The highest BCUT2D eigenvalue weighted by Gasteiger charge is 2.45. The molecular formula is C41H36F5N5O4S. The molecule has 3 aromatic carbocycles. The number of amides is 2. The van der Waals surface area contributed by atoms with Gasteiger partial charge in [-0.05, 0) is 91.6 Å². The Morgan fingerprint density at radius 2 is 1.64 bits per heavy atom. The molecule has 0 radical (unpaired) electrons. The molecule has 8 rings (SSSR count). The first kappa shape index (κ1) is 38.6. The number of aromatic nitrogens is 1. The monoisotopic (exact) mass is 789 g/mol. The van der Waals surface area contributed by atoms with Crippen molar-refractivity contribution in [2.45, 2.75) is 25.7 Å². The van der Waals surface area contributed by atoms with Gasteiger partial charge in [0.05, 0.1) is 10.4 Å². The van der Waals surface area contributed by atoms with Crippen LogP contribution in [0.25, 0.3) is 10.4 Å². The number of hydrogen-bond acceptors (Lipinski definition) is 8. The number of rotatable bonds is 7. The normalized spacial score (nSPS) is 15.5. The van der Waals surface area contributed by atoms with Crippen LogP contribution >= 0.6 is 11.3 Å². The van der Waals surface area contributed by atoms with Crippen molar-refractivity contribution < 1.29 is 41.1 Å². The molecule has 15 heteroatoms. The zero-order valence-electron chi connectivity index (χ0n) is 30.1. The fraction of sp³-hybridized carbons (Fsp3) is 0.268. The zero-order valence-corrected chi connectivity index (χ0v) is 30.9. The van der Waals surface area contributed by atoms with Crippen molar-refractivity contribution in [1.29, 1.82) is 0 Å². The van der Waals surface area contributed by atoms with Crippen LogP contribution in [-0.2, 0) is 11.2 Å². The Balaban J connectivity index is 0.000000172. The van der Waals surface area contributed by atoms with Crippen molar-refractivity contribution in [3.8, 4) is 10.4 Å². The Morgan fingerprint density at radius 3 is 2.32 bits per heavy atom.